The Hall–Kier alpha value is -3.79. The molecular formula is C20H18N2O5. The zero-order valence-corrected chi connectivity index (χ0v) is 14.8. The number of nitriles is 1. The Morgan fingerprint density at radius 3 is 2.22 bits per heavy atom. The van der Waals surface area contributed by atoms with E-state index < -0.39 is 18.0 Å². The molecule has 27 heavy (non-hydrogen) atoms. The zero-order valence-electron chi connectivity index (χ0n) is 14.8. The summed E-state index contributed by atoms with van der Waals surface area (Å²) in [4.78, 5) is 23.1. The minimum atomic E-state index is -1.07. The highest BCUT2D eigenvalue weighted by atomic mass is 16.5. The fraction of sp³-hybridized carbons (Fsp3) is 0.150. The van der Waals surface area contributed by atoms with Crippen LogP contribution in [0, 0.1) is 11.3 Å². The van der Waals surface area contributed by atoms with Gasteiger partial charge in [-0.15, -0.1) is 0 Å². The third kappa shape index (κ3) is 5.61. The van der Waals surface area contributed by atoms with Crippen LogP contribution >= 0.6 is 0 Å². The Morgan fingerprint density at radius 1 is 1.11 bits per heavy atom. The highest BCUT2D eigenvalue weighted by Gasteiger charge is 2.13. The molecule has 7 heteroatoms. The molecule has 2 aromatic rings. The lowest BCUT2D eigenvalue weighted by Crippen LogP contribution is -2.22. The third-order valence-corrected chi connectivity index (χ3v) is 3.56. The minimum Gasteiger partial charge on any atom is -0.497 e. The topological polar surface area (TPSA) is 109 Å². The summed E-state index contributed by atoms with van der Waals surface area (Å²) in [5, 5.41) is 20.7. The molecule has 138 valence electrons. The van der Waals surface area contributed by atoms with Crippen molar-refractivity contribution in [3.05, 3.63) is 59.7 Å². The van der Waals surface area contributed by atoms with Crippen LogP contribution in [-0.4, -0.2) is 30.2 Å². The number of carboxylic acid groups (broad SMARTS) is 1. The van der Waals surface area contributed by atoms with Gasteiger partial charge in [0.2, 0.25) is 0 Å². The fourth-order valence-electron chi connectivity index (χ4n) is 2.09. The molecule has 0 bridgehead atoms. The van der Waals surface area contributed by atoms with E-state index in [0.717, 1.165) is 0 Å². The molecule has 0 radical (unpaired) electrons. The molecule has 7 nitrogen and oxygen atoms in total. The summed E-state index contributed by atoms with van der Waals surface area (Å²) in [6, 6.07) is 15.0. The first-order chi connectivity index (χ1) is 12.9. The number of carbonyl (C=O) groups is 2. The number of carbonyl (C=O) groups excluding carboxylic acids is 1. The number of benzene rings is 2. The van der Waals surface area contributed by atoms with E-state index in [1.807, 2.05) is 6.07 Å². The highest BCUT2D eigenvalue weighted by molar-refractivity contribution is 6.09. The lowest BCUT2D eigenvalue weighted by Gasteiger charge is -2.10. The van der Waals surface area contributed by atoms with Crippen molar-refractivity contribution in [1.82, 2.24) is 0 Å². The number of hydrogen-bond acceptors (Lipinski definition) is 5. The van der Waals surface area contributed by atoms with Gasteiger partial charge in [0, 0.05) is 5.69 Å². The molecule has 0 heterocycles. The zero-order chi connectivity index (χ0) is 19.8. The lowest BCUT2D eigenvalue weighted by molar-refractivity contribution is -0.144. The first kappa shape index (κ1) is 19.5. The van der Waals surface area contributed by atoms with Crippen molar-refractivity contribution in [2.45, 2.75) is 13.0 Å². The van der Waals surface area contributed by atoms with Gasteiger partial charge in [0.25, 0.3) is 5.91 Å². The molecule has 0 spiro atoms. The van der Waals surface area contributed by atoms with Gasteiger partial charge in [0.05, 0.1) is 7.11 Å². The van der Waals surface area contributed by atoms with Crippen molar-refractivity contribution in [3.8, 4) is 17.6 Å². The maximum absolute atomic E-state index is 12.3. The van der Waals surface area contributed by atoms with Crippen LogP contribution in [0.3, 0.4) is 0 Å². The molecule has 2 rings (SSSR count). The molecule has 0 aromatic heterocycles. The SMILES string of the molecule is COc1ccc(NC(=O)/C(C#N)=C\c2ccc(O[C@@H](C)C(=O)O)cc2)cc1. The first-order valence-electron chi connectivity index (χ1n) is 7.99. The number of ether oxygens (including phenoxy) is 2. The Balaban J connectivity index is 2.08. The summed E-state index contributed by atoms with van der Waals surface area (Å²) < 4.78 is 10.3. The average Bonchev–Trinajstić information content (AvgIpc) is 2.67. The molecule has 2 aromatic carbocycles. The molecule has 0 saturated carbocycles. The van der Waals surface area contributed by atoms with Gasteiger partial charge in [0.15, 0.2) is 6.10 Å². The number of methoxy groups -OCH3 is 1. The van der Waals surface area contributed by atoms with E-state index in [-0.39, 0.29) is 5.57 Å². The molecule has 0 aliphatic rings. The number of nitrogens with zero attached hydrogens (tertiary/aromatic N) is 1. The van der Waals surface area contributed by atoms with Gasteiger partial charge in [-0.1, -0.05) is 12.1 Å². The van der Waals surface area contributed by atoms with Crippen LogP contribution in [0.15, 0.2) is 54.1 Å². The average molecular weight is 366 g/mol. The Bertz CT molecular complexity index is 880. The molecule has 0 fully saturated rings. The Morgan fingerprint density at radius 2 is 1.70 bits per heavy atom. The van der Waals surface area contributed by atoms with Crippen LogP contribution in [0.2, 0.25) is 0 Å². The van der Waals surface area contributed by atoms with Gasteiger partial charge < -0.3 is 19.9 Å². The third-order valence-electron chi connectivity index (χ3n) is 3.56. The lowest BCUT2D eigenvalue weighted by atomic mass is 10.1. The Labute approximate surface area is 156 Å². The summed E-state index contributed by atoms with van der Waals surface area (Å²) in [5.74, 6) is -0.574. The maximum Gasteiger partial charge on any atom is 0.344 e. The van der Waals surface area contributed by atoms with Crippen LogP contribution in [0.1, 0.15) is 12.5 Å². The molecule has 0 saturated heterocycles. The Kier molecular flexibility index (Phi) is 6.55. The first-order valence-corrected chi connectivity index (χ1v) is 7.99. The standard InChI is InChI=1S/C20H18N2O5/c1-13(20(24)25)27-18-7-3-14(4-8-18)11-15(12-21)19(23)22-16-5-9-17(26-2)10-6-16/h3-11,13H,1-2H3,(H,22,23)(H,24,25)/b15-11-/t13-/m0/s1. The summed E-state index contributed by atoms with van der Waals surface area (Å²) >= 11 is 0. The van der Waals surface area contributed by atoms with E-state index in [1.54, 1.807) is 55.6 Å². The van der Waals surface area contributed by atoms with E-state index in [1.165, 1.54) is 13.0 Å². The van der Waals surface area contributed by atoms with Crippen molar-refractivity contribution in [1.29, 1.82) is 5.26 Å². The van der Waals surface area contributed by atoms with Crippen molar-refractivity contribution >= 4 is 23.6 Å². The van der Waals surface area contributed by atoms with Gasteiger partial charge in [-0.05, 0) is 55.0 Å². The summed E-state index contributed by atoms with van der Waals surface area (Å²) in [5.41, 5.74) is 1.07. The number of anilines is 1. The minimum absolute atomic E-state index is 0.0709. The van der Waals surface area contributed by atoms with Crippen molar-refractivity contribution in [3.63, 3.8) is 0 Å². The van der Waals surface area contributed by atoms with Gasteiger partial charge >= 0.3 is 5.97 Å². The summed E-state index contributed by atoms with van der Waals surface area (Å²) in [6.45, 7) is 1.42. The molecular weight excluding hydrogens is 348 g/mol. The molecule has 0 unspecified atom stereocenters. The molecule has 1 amide bonds. The summed E-state index contributed by atoms with van der Waals surface area (Å²) in [6.07, 6.45) is 0.458. The smallest absolute Gasteiger partial charge is 0.344 e. The van der Waals surface area contributed by atoms with E-state index in [9.17, 15) is 14.9 Å². The number of rotatable bonds is 7. The predicted molar refractivity (Wildman–Crippen MR) is 99.4 cm³/mol. The van der Waals surface area contributed by atoms with E-state index in [4.69, 9.17) is 14.6 Å². The second kappa shape index (κ2) is 9.06. The fourth-order valence-corrected chi connectivity index (χ4v) is 2.09. The van der Waals surface area contributed by atoms with Crippen LogP contribution in [0.25, 0.3) is 6.08 Å². The van der Waals surface area contributed by atoms with Crippen LogP contribution in [-0.2, 0) is 9.59 Å². The highest BCUT2D eigenvalue weighted by Crippen LogP contribution is 2.18. The van der Waals surface area contributed by atoms with Gasteiger partial charge in [0.1, 0.15) is 23.1 Å². The van der Waals surface area contributed by atoms with E-state index in [0.29, 0.717) is 22.7 Å². The van der Waals surface area contributed by atoms with Crippen LogP contribution in [0.5, 0.6) is 11.5 Å². The van der Waals surface area contributed by atoms with Gasteiger partial charge in [-0.3, -0.25) is 4.79 Å². The van der Waals surface area contributed by atoms with E-state index >= 15 is 0 Å². The molecule has 0 aliphatic heterocycles. The second-order valence-electron chi connectivity index (χ2n) is 5.52. The number of nitrogens with one attached hydrogen (secondary N) is 1. The maximum atomic E-state index is 12.3. The predicted octanol–water partition coefficient (Wildman–Crippen LogP) is 3.09. The van der Waals surface area contributed by atoms with Crippen molar-refractivity contribution in [2.75, 3.05) is 12.4 Å². The molecule has 1 atom stereocenters. The number of aliphatic carboxylic acids is 1. The normalized spacial score (nSPS) is 11.8. The van der Waals surface area contributed by atoms with Crippen molar-refractivity contribution in [2.24, 2.45) is 0 Å². The molecule has 2 N–H and O–H groups in total. The summed E-state index contributed by atoms with van der Waals surface area (Å²) in [7, 11) is 1.54. The van der Waals surface area contributed by atoms with Gasteiger partial charge in [-0.2, -0.15) is 5.26 Å². The second-order valence-corrected chi connectivity index (χ2v) is 5.52. The van der Waals surface area contributed by atoms with E-state index in [2.05, 4.69) is 5.32 Å². The van der Waals surface area contributed by atoms with Gasteiger partial charge in [-0.25, -0.2) is 4.79 Å². The molecule has 0 aliphatic carbocycles. The number of amides is 1. The van der Waals surface area contributed by atoms with Crippen LogP contribution in [0.4, 0.5) is 5.69 Å². The number of carboxylic acids is 1. The quantitative estimate of drug-likeness (QED) is 0.576. The monoisotopic (exact) mass is 366 g/mol. The number of hydrogen-bond donors (Lipinski definition) is 2. The largest absolute Gasteiger partial charge is 0.497 e. The van der Waals surface area contributed by atoms with Crippen molar-refractivity contribution < 1.29 is 24.2 Å². The van der Waals surface area contributed by atoms with Crippen LogP contribution < -0.4 is 14.8 Å².